The number of furan rings is 1. The van der Waals surface area contributed by atoms with Crippen molar-refractivity contribution in [2.75, 3.05) is 0 Å². The van der Waals surface area contributed by atoms with Crippen LogP contribution in [-0.4, -0.2) is 21.7 Å². The maximum absolute atomic E-state index is 13.3. The van der Waals surface area contributed by atoms with Crippen LogP contribution in [0.15, 0.2) is 85.8 Å². The van der Waals surface area contributed by atoms with Crippen LogP contribution in [0.2, 0.25) is 0 Å². The molecule has 3 heterocycles. The van der Waals surface area contributed by atoms with Crippen LogP contribution in [0.4, 0.5) is 0 Å². The number of hydrogen-bond acceptors (Lipinski definition) is 6. The highest BCUT2D eigenvalue weighted by atomic mass is 79.9. The second-order valence-corrected chi connectivity index (χ2v) is 10.8. The number of halogens is 1. The SMILES string of the molecule is O=C(N/N=C/c1ccc(-c2cccc(Br)c2)o1)c1ccc(-n2cnc3sc4c(c3c2=O)CCCC4)cc1. The molecule has 7 nitrogen and oxygen atoms in total. The van der Waals surface area contributed by atoms with Gasteiger partial charge in [0, 0.05) is 20.5 Å². The molecule has 184 valence electrons. The van der Waals surface area contributed by atoms with Crippen LogP contribution in [0, 0.1) is 0 Å². The van der Waals surface area contributed by atoms with Gasteiger partial charge >= 0.3 is 0 Å². The Hall–Kier alpha value is -3.82. The molecular formula is C28H21BrN4O3S. The van der Waals surface area contributed by atoms with Gasteiger partial charge in [0.25, 0.3) is 11.5 Å². The van der Waals surface area contributed by atoms with Gasteiger partial charge in [-0.2, -0.15) is 5.10 Å². The number of benzene rings is 2. The van der Waals surface area contributed by atoms with Crippen LogP contribution in [-0.2, 0) is 12.8 Å². The summed E-state index contributed by atoms with van der Waals surface area (Å²) in [5.41, 5.74) is 5.63. The summed E-state index contributed by atoms with van der Waals surface area (Å²) in [5, 5.41) is 4.75. The van der Waals surface area contributed by atoms with Crippen molar-refractivity contribution in [1.29, 1.82) is 0 Å². The molecule has 0 radical (unpaired) electrons. The predicted molar refractivity (Wildman–Crippen MR) is 149 cm³/mol. The molecule has 0 bridgehead atoms. The maximum atomic E-state index is 13.3. The molecule has 1 N–H and O–H groups in total. The zero-order chi connectivity index (χ0) is 25.4. The Bertz CT molecular complexity index is 1720. The lowest BCUT2D eigenvalue weighted by atomic mass is 9.97. The molecule has 1 amide bonds. The number of amides is 1. The Morgan fingerprint density at radius 1 is 1.11 bits per heavy atom. The Balaban J connectivity index is 1.16. The first-order valence-corrected chi connectivity index (χ1v) is 13.5. The highest BCUT2D eigenvalue weighted by Gasteiger charge is 2.20. The summed E-state index contributed by atoms with van der Waals surface area (Å²) in [6.07, 6.45) is 7.24. The smallest absolute Gasteiger partial charge is 0.271 e. The quantitative estimate of drug-likeness (QED) is 0.203. The van der Waals surface area contributed by atoms with Crippen molar-refractivity contribution in [3.05, 3.63) is 104 Å². The largest absolute Gasteiger partial charge is 0.455 e. The number of fused-ring (bicyclic) bond motifs is 3. The minimum Gasteiger partial charge on any atom is -0.455 e. The Morgan fingerprint density at radius 2 is 1.95 bits per heavy atom. The topological polar surface area (TPSA) is 89.5 Å². The van der Waals surface area contributed by atoms with Crippen molar-refractivity contribution in [2.24, 2.45) is 5.10 Å². The van der Waals surface area contributed by atoms with E-state index in [2.05, 4.69) is 31.4 Å². The van der Waals surface area contributed by atoms with E-state index in [1.165, 1.54) is 11.1 Å². The van der Waals surface area contributed by atoms with E-state index in [0.29, 0.717) is 22.8 Å². The summed E-state index contributed by atoms with van der Waals surface area (Å²) in [5.74, 6) is 0.855. The third-order valence-electron chi connectivity index (χ3n) is 6.38. The van der Waals surface area contributed by atoms with Gasteiger partial charge in [0.1, 0.15) is 22.7 Å². The lowest BCUT2D eigenvalue weighted by Crippen LogP contribution is -2.20. The number of aromatic nitrogens is 2. The Kier molecular flexibility index (Phi) is 6.31. The second-order valence-electron chi connectivity index (χ2n) is 8.77. The standard InChI is InChI=1S/C28H21BrN4O3S/c29-19-5-3-4-18(14-19)23-13-12-21(36-23)15-31-32-26(34)17-8-10-20(11-9-17)33-16-30-27-25(28(33)35)22-6-1-2-7-24(22)37-27/h3-5,8-16H,1-2,6-7H2,(H,32,34)/b31-15+. The molecular weight excluding hydrogens is 552 g/mol. The summed E-state index contributed by atoms with van der Waals surface area (Å²) < 4.78 is 8.29. The minimum atomic E-state index is -0.366. The van der Waals surface area contributed by atoms with E-state index >= 15 is 0 Å². The van der Waals surface area contributed by atoms with Crippen molar-refractivity contribution in [3.63, 3.8) is 0 Å². The first-order chi connectivity index (χ1) is 18.1. The van der Waals surface area contributed by atoms with E-state index in [1.807, 2.05) is 30.3 Å². The number of hydrazone groups is 1. The number of carbonyl (C=O) groups is 1. The van der Waals surface area contributed by atoms with Crippen molar-refractivity contribution in [2.45, 2.75) is 25.7 Å². The summed E-state index contributed by atoms with van der Waals surface area (Å²) >= 11 is 5.08. The second kappa shape index (κ2) is 9.91. The molecule has 0 spiro atoms. The molecule has 0 aliphatic heterocycles. The lowest BCUT2D eigenvalue weighted by molar-refractivity contribution is 0.0955. The fraction of sp³-hybridized carbons (Fsp3) is 0.143. The molecule has 9 heteroatoms. The normalized spacial score (nSPS) is 13.2. The number of hydrogen-bond donors (Lipinski definition) is 1. The van der Waals surface area contributed by atoms with Crippen LogP contribution in [0.5, 0.6) is 0 Å². The van der Waals surface area contributed by atoms with Gasteiger partial charge in [-0.15, -0.1) is 11.3 Å². The molecule has 1 aliphatic carbocycles. The van der Waals surface area contributed by atoms with E-state index in [-0.39, 0.29) is 11.5 Å². The summed E-state index contributed by atoms with van der Waals surface area (Å²) in [6, 6.07) is 18.2. The fourth-order valence-electron chi connectivity index (χ4n) is 4.54. The highest BCUT2D eigenvalue weighted by Crippen LogP contribution is 2.33. The third kappa shape index (κ3) is 4.68. The minimum absolute atomic E-state index is 0.0631. The number of nitrogens with one attached hydrogen (secondary N) is 1. The molecule has 5 aromatic rings. The zero-order valence-electron chi connectivity index (χ0n) is 19.6. The fourth-order valence-corrected chi connectivity index (χ4v) is 6.16. The van der Waals surface area contributed by atoms with Gasteiger partial charge < -0.3 is 4.42 Å². The van der Waals surface area contributed by atoms with Crippen LogP contribution >= 0.6 is 27.3 Å². The molecule has 0 fully saturated rings. The molecule has 0 saturated heterocycles. The van der Waals surface area contributed by atoms with Gasteiger partial charge in [-0.1, -0.05) is 28.1 Å². The van der Waals surface area contributed by atoms with Crippen molar-refractivity contribution < 1.29 is 9.21 Å². The molecule has 1 aliphatic rings. The highest BCUT2D eigenvalue weighted by molar-refractivity contribution is 9.10. The predicted octanol–water partition coefficient (Wildman–Crippen LogP) is 6.11. The summed E-state index contributed by atoms with van der Waals surface area (Å²) in [7, 11) is 0. The Labute approximate surface area is 224 Å². The van der Waals surface area contributed by atoms with E-state index in [1.54, 1.807) is 52.6 Å². The third-order valence-corrected chi connectivity index (χ3v) is 8.07. The van der Waals surface area contributed by atoms with Crippen molar-refractivity contribution >= 4 is 49.6 Å². The van der Waals surface area contributed by atoms with Gasteiger partial charge in [-0.3, -0.25) is 14.2 Å². The molecule has 3 aromatic heterocycles. The average molecular weight is 573 g/mol. The number of thiophene rings is 1. The van der Waals surface area contributed by atoms with Crippen LogP contribution in [0.1, 0.15) is 39.4 Å². The zero-order valence-corrected chi connectivity index (χ0v) is 22.0. The summed E-state index contributed by atoms with van der Waals surface area (Å²) in [6.45, 7) is 0. The maximum Gasteiger partial charge on any atom is 0.271 e. The molecule has 0 unspecified atom stereocenters. The molecule has 37 heavy (non-hydrogen) atoms. The number of carbonyl (C=O) groups excluding carboxylic acids is 1. The monoisotopic (exact) mass is 572 g/mol. The average Bonchev–Trinajstić information content (AvgIpc) is 3.54. The lowest BCUT2D eigenvalue weighted by Gasteiger charge is -2.10. The van der Waals surface area contributed by atoms with Crippen LogP contribution < -0.4 is 11.0 Å². The van der Waals surface area contributed by atoms with Gasteiger partial charge in [-0.25, -0.2) is 10.4 Å². The van der Waals surface area contributed by atoms with Crippen LogP contribution in [0.25, 0.3) is 27.2 Å². The first kappa shape index (κ1) is 23.6. The Morgan fingerprint density at radius 3 is 2.78 bits per heavy atom. The van der Waals surface area contributed by atoms with Gasteiger partial charge in [0.05, 0.1) is 17.3 Å². The van der Waals surface area contributed by atoms with Gasteiger partial charge in [-0.05, 0) is 79.8 Å². The number of rotatable bonds is 5. The van der Waals surface area contributed by atoms with E-state index < -0.39 is 0 Å². The van der Waals surface area contributed by atoms with E-state index in [0.717, 1.165) is 51.5 Å². The molecule has 0 atom stereocenters. The van der Waals surface area contributed by atoms with Crippen molar-refractivity contribution in [1.82, 2.24) is 15.0 Å². The first-order valence-electron chi connectivity index (χ1n) is 11.9. The van der Waals surface area contributed by atoms with E-state index in [4.69, 9.17) is 4.42 Å². The summed E-state index contributed by atoms with van der Waals surface area (Å²) in [4.78, 5) is 32.5. The van der Waals surface area contributed by atoms with E-state index in [9.17, 15) is 9.59 Å². The molecule has 6 rings (SSSR count). The van der Waals surface area contributed by atoms with Gasteiger partial charge in [0.15, 0.2) is 0 Å². The number of nitrogens with zero attached hydrogens (tertiary/aromatic N) is 3. The molecule has 0 saturated carbocycles. The van der Waals surface area contributed by atoms with Crippen LogP contribution in [0.3, 0.4) is 0 Å². The van der Waals surface area contributed by atoms with Gasteiger partial charge in [0.2, 0.25) is 0 Å². The number of aryl methyl sites for hydroxylation is 2. The molecule has 2 aromatic carbocycles. The van der Waals surface area contributed by atoms with Crippen molar-refractivity contribution in [3.8, 4) is 17.0 Å².